The van der Waals surface area contributed by atoms with Crippen LogP contribution in [0, 0.1) is 5.92 Å². The highest BCUT2D eigenvalue weighted by Gasteiger charge is 2.20. The quantitative estimate of drug-likeness (QED) is 0.869. The van der Waals surface area contributed by atoms with Crippen LogP contribution < -0.4 is 5.32 Å². The van der Waals surface area contributed by atoms with Crippen LogP contribution in [0.4, 0.5) is 5.69 Å². The smallest absolute Gasteiger partial charge is 0.227 e. The predicted octanol–water partition coefficient (Wildman–Crippen LogP) is 2.81. The van der Waals surface area contributed by atoms with E-state index in [0.717, 1.165) is 57.8 Å². The van der Waals surface area contributed by atoms with Crippen molar-refractivity contribution in [3.8, 4) is 0 Å². The highest BCUT2D eigenvalue weighted by atomic mass is 16.5. The Kier molecular flexibility index (Phi) is 5.24. The van der Waals surface area contributed by atoms with E-state index in [2.05, 4.69) is 28.4 Å². The van der Waals surface area contributed by atoms with Gasteiger partial charge in [-0.1, -0.05) is 30.4 Å². The summed E-state index contributed by atoms with van der Waals surface area (Å²) in [6.07, 6.45) is 7.10. The van der Waals surface area contributed by atoms with Crippen LogP contribution in [-0.4, -0.2) is 37.1 Å². The zero-order valence-corrected chi connectivity index (χ0v) is 13.0. The molecule has 1 aromatic rings. The zero-order chi connectivity index (χ0) is 15.2. The minimum atomic E-state index is 0.112. The lowest BCUT2D eigenvalue weighted by Gasteiger charge is -2.27. The molecular formula is C18H24N2O2. The van der Waals surface area contributed by atoms with Gasteiger partial charge in [-0.3, -0.25) is 9.69 Å². The van der Waals surface area contributed by atoms with Crippen molar-refractivity contribution < 1.29 is 9.53 Å². The van der Waals surface area contributed by atoms with E-state index in [1.165, 1.54) is 5.56 Å². The molecule has 1 aliphatic carbocycles. The molecule has 1 heterocycles. The Morgan fingerprint density at radius 1 is 1.23 bits per heavy atom. The van der Waals surface area contributed by atoms with Crippen LogP contribution in [0.1, 0.15) is 24.8 Å². The molecular weight excluding hydrogens is 276 g/mol. The standard InChI is InChI=1S/C18H24N2O2/c21-18(15-6-2-1-3-7-15)19-17-9-5-4-8-16(17)14-20-10-12-22-13-11-20/h1-2,4-5,8-9,15H,3,6-7,10-14H2,(H,19,21). The molecule has 3 rings (SSSR count). The number of hydrogen-bond donors (Lipinski definition) is 1. The molecule has 0 bridgehead atoms. The van der Waals surface area contributed by atoms with Crippen molar-refractivity contribution in [1.82, 2.24) is 4.90 Å². The molecule has 22 heavy (non-hydrogen) atoms. The third-order valence-corrected chi connectivity index (χ3v) is 4.41. The van der Waals surface area contributed by atoms with E-state index < -0.39 is 0 Å². The zero-order valence-electron chi connectivity index (χ0n) is 13.0. The summed E-state index contributed by atoms with van der Waals surface area (Å²) < 4.78 is 5.39. The van der Waals surface area contributed by atoms with Gasteiger partial charge < -0.3 is 10.1 Å². The number of benzene rings is 1. The molecule has 0 radical (unpaired) electrons. The second-order valence-corrected chi connectivity index (χ2v) is 6.02. The number of hydrogen-bond acceptors (Lipinski definition) is 3. The van der Waals surface area contributed by atoms with E-state index in [1.54, 1.807) is 0 Å². The normalized spacial score (nSPS) is 22.5. The van der Waals surface area contributed by atoms with E-state index in [0.29, 0.717) is 0 Å². The molecule has 2 aliphatic rings. The number of allylic oxidation sites excluding steroid dienone is 2. The van der Waals surface area contributed by atoms with Crippen molar-refractivity contribution in [2.24, 2.45) is 5.92 Å². The van der Waals surface area contributed by atoms with Crippen molar-refractivity contribution in [2.75, 3.05) is 31.6 Å². The fourth-order valence-corrected chi connectivity index (χ4v) is 3.05. The third-order valence-electron chi connectivity index (χ3n) is 4.41. The maximum atomic E-state index is 12.4. The Hall–Kier alpha value is -1.65. The van der Waals surface area contributed by atoms with Gasteiger partial charge in [0.2, 0.25) is 5.91 Å². The van der Waals surface area contributed by atoms with Crippen LogP contribution in [0.15, 0.2) is 36.4 Å². The number of para-hydroxylation sites is 1. The lowest BCUT2D eigenvalue weighted by atomic mass is 9.93. The molecule has 118 valence electrons. The summed E-state index contributed by atoms with van der Waals surface area (Å²) >= 11 is 0. The summed E-state index contributed by atoms with van der Waals surface area (Å²) in [6.45, 7) is 4.36. The number of morpholine rings is 1. The van der Waals surface area contributed by atoms with Crippen molar-refractivity contribution in [2.45, 2.75) is 25.8 Å². The average Bonchev–Trinajstić information content (AvgIpc) is 2.58. The van der Waals surface area contributed by atoms with Crippen LogP contribution in [-0.2, 0) is 16.1 Å². The average molecular weight is 300 g/mol. The Balaban J connectivity index is 1.65. The highest BCUT2D eigenvalue weighted by molar-refractivity contribution is 5.93. The first-order chi connectivity index (χ1) is 10.8. The van der Waals surface area contributed by atoms with Crippen molar-refractivity contribution in [3.63, 3.8) is 0 Å². The van der Waals surface area contributed by atoms with Gasteiger partial charge in [0.15, 0.2) is 0 Å². The number of carbonyl (C=O) groups excluding carboxylic acids is 1. The fraction of sp³-hybridized carbons (Fsp3) is 0.500. The molecule has 0 aromatic heterocycles. The van der Waals surface area contributed by atoms with Crippen molar-refractivity contribution in [3.05, 3.63) is 42.0 Å². The monoisotopic (exact) mass is 300 g/mol. The second kappa shape index (κ2) is 7.56. The lowest BCUT2D eigenvalue weighted by molar-refractivity contribution is -0.120. The van der Waals surface area contributed by atoms with Gasteiger partial charge in [-0.25, -0.2) is 0 Å². The van der Waals surface area contributed by atoms with Gasteiger partial charge in [0.25, 0.3) is 0 Å². The number of carbonyl (C=O) groups is 1. The molecule has 1 aliphatic heterocycles. The van der Waals surface area contributed by atoms with E-state index in [1.807, 2.05) is 18.2 Å². The largest absolute Gasteiger partial charge is 0.379 e. The van der Waals surface area contributed by atoms with Gasteiger partial charge in [-0.05, 0) is 30.9 Å². The second-order valence-electron chi connectivity index (χ2n) is 6.02. The molecule has 1 aromatic carbocycles. The Morgan fingerprint density at radius 3 is 2.82 bits per heavy atom. The Bertz CT molecular complexity index is 536. The summed E-state index contributed by atoms with van der Waals surface area (Å²) in [5.41, 5.74) is 2.14. The number of nitrogens with one attached hydrogen (secondary N) is 1. The van der Waals surface area contributed by atoms with Crippen LogP contribution in [0.3, 0.4) is 0 Å². The first kappa shape index (κ1) is 15.3. The summed E-state index contributed by atoms with van der Waals surface area (Å²) in [7, 11) is 0. The summed E-state index contributed by atoms with van der Waals surface area (Å²) in [5, 5.41) is 3.14. The van der Waals surface area contributed by atoms with E-state index >= 15 is 0 Å². The summed E-state index contributed by atoms with van der Waals surface area (Å²) in [5.74, 6) is 0.264. The molecule has 0 saturated carbocycles. The van der Waals surface area contributed by atoms with E-state index in [9.17, 15) is 4.79 Å². The van der Waals surface area contributed by atoms with E-state index in [-0.39, 0.29) is 11.8 Å². The van der Waals surface area contributed by atoms with Crippen LogP contribution in [0.25, 0.3) is 0 Å². The lowest BCUT2D eigenvalue weighted by Crippen LogP contribution is -2.36. The number of anilines is 1. The van der Waals surface area contributed by atoms with Crippen LogP contribution in [0.5, 0.6) is 0 Å². The maximum Gasteiger partial charge on any atom is 0.227 e. The molecule has 1 saturated heterocycles. The Morgan fingerprint density at radius 2 is 2.05 bits per heavy atom. The summed E-state index contributed by atoms with van der Waals surface area (Å²) in [4.78, 5) is 14.8. The number of nitrogens with zero attached hydrogens (tertiary/aromatic N) is 1. The molecule has 4 nitrogen and oxygen atoms in total. The molecule has 1 atom stereocenters. The van der Waals surface area contributed by atoms with Gasteiger partial charge in [-0.15, -0.1) is 0 Å². The SMILES string of the molecule is O=C(Nc1ccccc1CN1CCOCC1)C1CC=CCC1. The van der Waals surface area contributed by atoms with Crippen LogP contribution >= 0.6 is 0 Å². The van der Waals surface area contributed by atoms with Crippen molar-refractivity contribution >= 4 is 11.6 Å². The van der Waals surface area contributed by atoms with E-state index in [4.69, 9.17) is 4.74 Å². The minimum absolute atomic E-state index is 0.112. The first-order valence-corrected chi connectivity index (χ1v) is 8.17. The van der Waals surface area contributed by atoms with Gasteiger partial charge >= 0.3 is 0 Å². The van der Waals surface area contributed by atoms with Gasteiger partial charge in [-0.2, -0.15) is 0 Å². The number of amides is 1. The van der Waals surface area contributed by atoms with Gasteiger partial charge in [0, 0.05) is 31.2 Å². The molecule has 1 amide bonds. The summed E-state index contributed by atoms with van der Waals surface area (Å²) in [6, 6.07) is 8.13. The third kappa shape index (κ3) is 3.96. The van der Waals surface area contributed by atoms with Crippen LogP contribution in [0.2, 0.25) is 0 Å². The first-order valence-electron chi connectivity index (χ1n) is 8.17. The number of rotatable bonds is 4. The van der Waals surface area contributed by atoms with Gasteiger partial charge in [0.1, 0.15) is 0 Å². The number of ether oxygens (including phenoxy) is 1. The fourth-order valence-electron chi connectivity index (χ4n) is 3.05. The maximum absolute atomic E-state index is 12.4. The molecule has 1 unspecified atom stereocenters. The molecule has 1 N–H and O–H groups in total. The predicted molar refractivity (Wildman–Crippen MR) is 87.6 cm³/mol. The molecule has 4 heteroatoms. The Labute approximate surface area is 132 Å². The van der Waals surface area contributed by atoms with Gasteiger partial charge in [0.05, 0.1) is 13.2 Å². The topological polar surface area (TPSA) is 41.6 Å². The van der Waals surface area contributed by atoms with Crippen molar-refractivity contribution in [1.29, 1.82) is 0 Å². The minimum Gasteiger partial charge on any atom is -0.379 e. The molecule has 0 spiro atoms. The molecule has 1 fully saturated rings. The highest BCUT2D eigenvalue weighted by Crippen LogP contribution is 2.23.